The van der Waals surface area contributed by atoms with Crippen LogP contribution < -0.4 is 0 Å². The van der Waals surface area contributed by atoms with Gasteiger partial charge in [0.25, 0.3) is 0 Å². The van der Waals surface area contributed by atoms with E-state index in [0.29, 0.717) is 11.7 Å². The molecule has 0 radical (unpaired) electrons. The quantitative estimate of drug-likeness (QED) is 0.591. The van der Waals surface area contributed by atoms with Crippen LogP contribution in [0.5, 0.6) is 0 Å². The Kier molecular flexibility index (Phi) is 2.21. The van der Waals surface area contributed by atoms with Gasteiger partial charge in [-0.3, -0.25) is 4.79 Å². The fourth-order valence-electron chi connectivity index (χ4n) is 2.80. The van der Waals surface area contributed by atoms with Crippen LogP contribution in [0.4, 0.5) is 0 Å². The van der Waals surface area contributed by atoms with Crippen molar-refractivity contribution in [2.75, 3.05) is 11.5 Å². The summed E-state index contributed by atoms with van der Waals surface area (Å²) in [5, 5.41) is 0. The molecule has 1 spiro atoms. The summed E-state index contributed by atoms with van der Waals surface area (Å²) in [4.78, 5) is 11.6. The molecule has 0 aromatic heterocycles. The third-order valence-electron chi connectivity index (χ3n) is 3.50. The van der Waals surface area contributed by atoms with Gasteiger partial charge in [0.05, 0.1) is 4.08 Å². The molecule has 1 aliphatic heterocycles. The van der Waals surface area contributed by atoms with Gasteiger partial charge in [-0.15, -0.1) is 23.5 Å². The van der Waals surface area contributed by atoms with Crippen molar-refractivity contribution >= 4 is 29.3 Å². The van der Waals surface area contributed by atoms with Crippen LogP contribution >= 0.6 is 23.5 Å². The summed E-state index contributed by atoms with van der Waals surface area (Å²) in [5.41, 5.74) is 0. The highest BCUT2D eigenvalue weighted by molar-refractivity contribution is 8.19. The van der Waals surface area contributed by atoms with Gasteiger partial charge in [-0.25, -0.2) is 0 Å². The number of allylic oxidation sites excluding steroid dienone is 1. The third-order valence-corrected chi connectivity index (χ3v) is 6.98. The summed E-state index contributed by atoms with van der Waals surface area (Å²) in [6, 6.07) is 0. The van der Waals surface area contributed by atoms with Crippen molar-refractivity contribution in [3.63, 3.8) is 0 Å². The second kappa shape index (κ2) is 3.31. The van der Waals surface area contributed by atoms with Gasteiger partial charge in [0.2, 0.25) is 0 Å². The highest BCUT2D eigenvalue weighted by atomic mass is 32.2. The van der Waals surface area contributed by atoms with Crippen LogP contribution in [0.2, 0.25) is 0 Å². The summed E-state index contributed by atoms with van der Waals surface area (Å²) < 4.78 is 0.287. The second-order valence-electron chi connectivity index (χ2n) is 4.27. The fourth-order valence-corrected chi connectivity index (χ4v) is 6.34. The van der Waals surface area contributed by atoms with Gasteiger partial charge < -0.3 is 0 Å². The number of thioether (sulfide) groups is 2. The first kappa shape index (κ1) is 9.34. The number of fused-ring (bicyclic) bond motifs is 2. The molecule has 0 amide bonds. The standard InChI is InChI=1S/C11H14OS2/c12-10-3-2-9-8(10)4-5-11(9)13-6-1-7-14-11/h4-5,8-9H,1-3,6-7H2/t8-,9-/m0/s1. The lowest BCUT2D eigenvalue weighted by Gasteiger charge is -2.36. The Bertz CT molecular complexity index is 292. The average molecular weight is 226 g/mol. The van der Waals surface area contributed by atoms with Crippen molar-refractivity contribution in [3.05, 3.63) is 12.2 Å². The van der Waals surface area contributed by atoms with Crippen molar-refractivity contribution in [2.45, 2.75) is 23.3 Å². The van der Waals surface area contributed by atoms with E-state index in [1.165, 1.54) is 17.9 Å². The highest BCUT2D eigenvalue weighted by Gasteiger charge is 2.51. The van der Waals surface area contributed by atoms with Crippen LogP contribution in [-0.4, -0.2) is 21.4 Å². The molecule has 1 nitrogen and oxygen atoms in total. The van der Waals surface area contributed by atoms with Crippen molar-refractivity contribution in [3.8, 4) is 0 Å². The van der Waals surface area contributed by atoms with Gasteiger partial charge in [-0.1, -0.05) is 12.2 Å². The first-order valence-electron chi connectivity index (χ1n) is 5.32. The number of Topliss-reactive ketones (excluding diaryl/α,β-unsaturated/α-hetero) is 1. The van der Waals surface area contributed by atoms with Gasteiger partial charge in [-0.2, -0.15) is 0 Å². The van der Waals surface area contributed by atoms with E-state index in [0.717, 1.165) is 12.8 Å². The molecule has 1 saturated carbocycles. The maximum Gasteiger partial charge on any atom is 0.140 e. The Morgan fingerprint density at radius 1 is 1.36 bits per heavy atom. The molecule has 76 valence electrons. The number of carbonyl (C=O) groups excluding carboxylic acids is 1. The first-order valence-corrected chi connectivity index (χ1v) is 7.29. The smallest absolute Gasteiger partial charge is 0.140 e. The van der Waals surface area contributed by atoms with Gasteiger partial charge in [0.1, 0.15) is 5.78 Å². The summed E-state index contributed by atoms with van der Waals surface area (Å²) in [5.74, 6) is 3.91. The second-order valence-corrected chi connectivity index (χ2v) is 7.27. The van der Waals surface area contributed by atoms with Gasteiger partial charge in [0.15, 0.2) is 0 Å². The number of ketones is 1. The minimum absolute atomic E-state index is 0.271. The molecular formula is C11H14OS2. The molecule has 2 aliphatic carbocycles. The lowest BCUT2D eigenvalue weighted by molar-refractivity contribution is -0.119. The molecule has 0 bridgehead atoms. The lowest BCUT2D eigenvalue weighted by Crippen LogP contribution is -2.30. The van der Waals surface area contributed by atoms with E-state index >= 15 is 0 Å². The van der Waals surface area contributed by atoms with Crippen LogP contribution in [0.1, 0.15) is 19.3 Å². The van der Waals surface area contributed by atoms with Crippen LogP contribution in [0.25, 0.3) is 0 Å². The summed E-state index contributed by atoms with van der Waals surface area (Å²) >= 11 is 4.15. The minimum Gasteiger partial charge on any atom is -0.299 e. The number of hydrogen-bond donors (Lipinski definition) is 0. The van der Waals surface area contributed by atoms with Crippen LogP contribution in [0.15, 0.2) is 12.2 Å². The Labute approximate surface area is 93.1 Å². The number of carbonyl (C=O) groups is 1. The van der Waals surface area contributed by atoms with Crippen LogP contribution in [0, 0.1) is 11.8 Å². The van der Waals surface area contributed by atoms with Crippen molar-refractivity contribution in [1.82, 2.24) is 0 Å². The maximum atomic E-state index is 11.6. The van der Waals surface area contributed by atoms with Gasteiger partial charge in [-0.05, 0) is 30.3 Å². The average Bonchev–Trinajstić information content (AvgIpc) is 2.73. The number of hydrogen-bond acceptors (Lipinski definition) is 3. The monoisotopic (exact) mass is 226 g/mol. The van der Waals surface area contributed by atoms with Gasteiger partial charge in [0, 0.05) is 12.3 Å². The van der Waals surface area contributed by atoms with E-state index < -0.39 is 0 Å². The lowest BCUT2D eigenvalue weighted by atomic mass is 9.99. The first-order chi connectivity index (χ1) is 6.82. The van der Waals surface area contributed by atoms with Gasteiger partial charge >= 0.3 is 0 Å². The Morgan fingerprint density at radius 3 is 2.93 bits per heavy atom. The molecule has 0 N–H and O–H groups in total. The van der Waals surface area contributed by atoms with E-state index in [9.17, 15) is 4.79 Å². The van der Waals surface area contributed by atoms with E-state index in [1.807, 2.05) is 0 Å². The predicted molar refractivity (Wildman–Crippen MR) is 62.6 cm³/mol. The molecule has 3 rings (SSSR count). The fraction of sp³-hybridized carbons (Fsp3) is 0.727. The summed E-state index contributed by atoms with van der Waals surface area (Å²) in [6.07, 6.45) is 7.79. The van der Waals surface area contributed by atoms with E-state index in [1.54, 1.807) is 0 Å². The van der Waals surface area contributed by atoms with Crippen LogP contribution in [-0.2, 0) is 4.79 Å². The zero-order valence-electron chi connectivity index (χ0n) is 8.07. The molecule has 0 aromatic carbocycles. The van der Waals surface area contributed by atoms with E-state index in [-0.39, 0.29) is 10.00 Å². The van der Waals surface area contributed by atoms with E-state index in [4.69, 9.17) is 0 Å². The number of rotatable bonds is 0. The third kappa shape index (κ3) is 1.21. The molecule has 0 unspecified atom stereocenters. The molecule has 2 atom stereocenters. The van der Waals surface area contributed by atoms with Crippen molar-refractivity contribution in [2.24, 2.45) is 11.8 Å². The minimum atomic E-state index is 0.271. The zero-order valence-corrected chi connectivity index (χ0v) is 9.70. The molecule has 1 heterocycles. The molecule has 3 aliphatic rings. The Morgan fingerprint density at radius 2 is 2.14 bits per heavy atom. The highest BCUT2D eigenvalue weighted by Crippen LogP contribution is 2.58. The predicted octanol–water partition coefficient (Wildman–Crippen LogP) is 2.72. The molecule has 14 heavy (non-hydrogen) atoms. The largest absolute Gasteiger partial charge is 0.299 e. The summed E-state index contributed by atoms with van der Waals surface area (Å²) in [7, 11) is 0. The molecule has 0 aromatic rings. The zero-order chi connectivity index (χ0) is 9.60. The maximum absolute atomic E-state index is 11.6. The molecular weight excluding hydrogens is 212 g/mol. The Balaban J connectivity index is 1.89. The van der Waals surface area contributed by atoms with Crippen molar-refractivity contribution in [1.29, 1.82) is 0 Å². The normalized spacial score (nSPS) is 39.3. The van der Waals surface area contributed by atoms with E-state index in [2.05, 4.69) is 35.7 Å². The molecule has 1 saturated heterocycles. The SMILES string of the molecule is O=C1CC[C@H]2[C@@H]1C=CC21SCCCS1. The molecule has 3 heteroatoms. The molecule has 2 fully saturated rings. The topological polar surface area (TPSA) is 17.1 Å². The Hall–Kier alpha value is 0.110. The van der Waals surface area contributed by atoms with Crippen LogP contribution in [0.3, 0.4) is 0 Å². The van der Waals surface area contributed by atoms with Crippen molar-refractivity contribution < 1.29 is 4.79 Å². The summed E-state index contributed by atoms with van der Waals surface area (Å²) in [6.45, 7) is 0.